The standard InChI is InChI=1S/C14H15FN4O/c15-13-7-10(14(16)19-20)4-5-11(13)8-17-9-12-3-1-2-6-18-12/h1-7,17,20H,8-9H2,(H2,16,19). The van der Waals surface area contributed by atoms with E-state index in [1.807, 2.05) is 18.2 Å². The molecule has 0 aliphatic carbocycles. The monoisotopic (exact) mass is 274 g/mol. The SMILES string of the molecule is NC(=NO)c1ccc(CNCc2ccccn2)c(F)c1. The number of nitrogens with one attached hydrogen (secondary N) is 1. The molecule has 0 fully saturated rings. The number of hydrogen-bond acceptors (Lipinski definition) is 4. The molecule has 0 saturated heterocycles. The van der Waals surface area contributed by atoms with E-state index in [1.54, 1.807) is 18.3 Å². The summed E-state index contributed by atoms with van der Waals surface area (Å²) in [6.45, 7) is 0.932. The topological polar surface area (TPSA) is 83.5 Å². The van der Waals surface area contributed by atoms with E-state index in [-0.39, 0.29) is 5.84 Å². The lowest BCUT2D eigenvalue weighted by Crippen LogP contribution is -2.16. The number of nitrogens with two attached hydrogens (primary N) is 1. The summed E-state index contributed by atoms with van der Waals surface area (Å²) in [4.78, 5) is 4.16. The third-order valence-corrected chi connectivity index (χ3v) is 2.80. The van der Waals surface area contributed by atoms with Crippen LogP contribution in [0.4, 0.5) is 4.39 Å². The maximum Gasteiger partial charge on any atom is 0.170 e. The van der Waals surface area contributed by atoms with E-state index < -0.39 is 5.82 Å². The highest BCUT2D eigenvalue weighted by atomic mass is 19.1. The Morgan fingerprint density at radius 2 is 2.15 bits per heavy atom. The van der Waals surface area contributed by atoms with Gasteiger partial charge in [0.1, 0.15) is 5.82 Å². The lowest BCUT2D eigenvalue weighted by molar-refractivity contribution is 0.318. The van der Waals surface area contributed by atoms with Crippen LogP contribution in [0.25, 0.3) is 0 Å². The minimum atomic E-state index is -0.400. The second-order valence-electron chi connectivity index (χ2n) is 4.22. The van der Waals surface area contributed by atoms with Crippen LogP contribution in [0.2, 0.25) is 0 Å². The smallest absolute Gasteiger partial charge is 0.170 e. The van der Waals surface area contributed by atoms with E-state index in [0.29, 0.717) is 24.2 Å². The summed E-state index contributed by atoms with van der Waals surface area (Å²) in [5.41, 5.74) is 7.14. The van der Waals surface area contributed by atoms with Crippen molar-refractivity contribution < 1.29 is 9.60 Å². The average Bonchev–Trinajstić information content (AvgIpc) is 2.49. The average molecular weight is 274 g/mol. The first-order valence-electron chi connectivity index (χ1n) is 6.07. The van der Waals surface area contributed by atoms with Crippen molar-refractivity contribution in [2.75, 3.05) is 0 Å². The van der Waals surface area contributed by atoms with Crippen LogP contribution in [0.5, 0.6) is 0 Å². The van der Waals surface area contributed by atoms with Crippen molar-refractivity contribution in [2.45, 2.75) is 13.1 Å². The summed E-state index contributed by atoms with van der Waals surface area (Å²) in [7, 11) is 0. The summed E-state index contributed by atoms with van der Waals surface area (Å²) >= 11 is 0. The Labute approximate surface area is 116 Å². The largest absolute Gasteiger partial charge is 0.409 e. The fourth-order valence-corrected chi connectivity index (χ4v) is 1.74. The summed E-state index contributed by atoms with van der Waals surface area (Å²) in [5, 5.41) is 14.5. The van der Waals surface area contributed by atoms with Gasteiger partial charge in [-0.2, -0.15) is 0 Å². The van der Waals surface area contributed by atoms with E-state index in [4.69, 9.17) is 10.9 Å². The Bertz CT molecular complexity index is 601. The van der Waals surface area contributed by atoms with E-state index >= 15 is 0 Å². The normalized spacial score (nSPS) is 11.6. The molecule has 0 aliphatic rings. The van der Waals surface area contributed by atoms with Gasteiger partial charge in [0, 0.05) is 30.4 Å². The molecule has 1 aromatic carbocycles. The summed E-state index contributed by atoms with van der Waals surface area (Å²) in [5.74, 6) is -0.514. The molecule has 2 rings (SSSR count). The summed E-state index contributed by atoms with van der Waals surface area (Å²) in [6, 6.07) is 10.1. The van der Waals surface area contributed by atoms with Gasteiger partial charge in [0.15, 0.2) is 5.84 Å². The fourth-order valence-electron chi connectivity index (χ4n) is 1.74. The van der Waals surface area contributed by atoms with Crippen LogP contribution in [-0.2, 0) is 13.1 Å². The highest BCUT2D eigenvalue weighted by Gasteiger charge is 2.06. The van der Waals surface area contributed by atoms with Crippen LogP contribution in [0, 0.1) is 5.82 Å². The van der Waals surface area contributed by atoms with Gasteiger partial charge in [0.2, 0.25) is 0 Å². The second-order valence-corrected chi connectivity index (χ2v) is 4.22. The molecule has 20 heavy (non-hydrogen) atoms. The lowest BCUT2D eigenvalue weighted by atomic mass is 10.1. The molecule has 1 aromatic heterocycles. The first kappa shape index (κ1) is 14.0. The molecule has 104 valence electrons. The maximum atomic E-state index is 13.8. The Morgan fingerprint density at radius 3 is 2.80 bits per heavy atom. The van der Waals surface area contributed by atoms with E-state index in [0.717, 1.165) is 5.69 Å². The van der Waals surface area contributed by atoms with Gasteiger partial charge in [0.25, 0.3) is 0 Å². The highest BCUT2D eigenvalue weighted by molar-refractivity contribution is 5.97. The zero-order chi connectivity index (χ0) is 14.4. The maximum absolute atomic E-state index is 13.8. The molecule has 0 spiro atoms. The second kappa shape index (κ2) is 6.63. The minimum absolute atomic E-state index is 0.114. The van der Waals surface area contributed by atoms with E-state index in [2.05, 4.69) is 15.5 Å². The zero-order valence-corrected chi connectivity index (χ0v) is 10.8. The fraction of sp³-hybridized carbons (Fsp3) is 0.143. The molecule has 6 heteroatoms. The van der Waals surface area contributed by atoms with E-state index in [9.17, 15) is 4.39 Å². The number of rotatable bonds is 5. The Hall–Kier alpha value is -2.47. The number of amidine groups is 1. The Kier molecular flexibility index (Phi) is 4.62. The quantitative estimate of drug-likeness (QED) is 0.335. The van der Waals surface area contributed by atoms with Crippen molar-refractivity contribution in [1.29, 1.82) is 0 Å². The van der Waals surface area contributed by atoms with E-state index in [1.165, 1.54) is 6.07 Å². The zero-order valence-electron chi connectivity index (χ0n) is 10.8. The van der Waals surface area contributed by atoms with Crippen LogP contribution in [0.3, 0.4) is 0 Å². The van der Waals surface area contributed by atoms with Gasteiger partial charge < -0.3 is 16.3 Å². The van der Waals surface area contributed by atoms with Crippen molar-refractivity contribution in [3.8, 4) is 0 Å². The first-order valence-corrected chi connectivity index (χ1v) is 6.07. The molecule has 4 N–H and O–H groups in total. The number of aromatic nitrogens is 1. The Balaban J connectivity index is 1.97. The molecule has 0 amide bonds. The number of nitrogens with zero attached hydrogens (tertiary/aromatic N) is 2. The summed E-state index contributed by atoms with van der Waals surface area (Å²) < 4.78 is 13.8. The predicted octanol–water partition coefficient (Wildman–Crippen LogP) is 1.60. The predicted molar refractivity (Wildman–Crippen MR) is 73.7 cm³/mol. The Morgan fingerprint density at radius 1 is 1.30 bits per heavy atom. The van der Waals surface area contributed by atoms with Gasteiger partial charge in [-0.15, -0.1) is 0 Å². The molecule has 1 heterocycles. The third kappa shape index (κ3) is 3.52. The molecule has 0 bridgehead atoms. The molecule has 2 aromatic rings. The van der Waals surface area contributed by atoms with Gasteiger partial charge in [-0.3, -0.25) is 4.98 Å². The van der Waals surface area contributed by atoms with Gasteiger partial charge in [-0.05, 0) is 18.2 Å². The summed E-state index contributed by atoms with van der Waals surface area (Å²) in [6.07, 6.45) is 1.71. The van der Waals surface area contributed by atoms with Crippen molar-refractivity contribution in [1.82, 2.24) is 10.3 Å². The first-order chi connectivity index (χ1) is 9.70. The van der Waals surface area contributed by atoms with Crippen LogP contribution in [0.1, 0.15) is 16.8 Å². The molecular formula is C14H15FN4O. The van der Waals surface area contributed by atoms with Crippen LogP contribution in [-0.4, -0.2) is 16.0 Å². The van der Waals surface area contributed by atoms with Gasteiger partial charge in [-0.1, -0.05) is 23.4 Å². The highest BCUT2D eigenvalue weighted by Crippen LogP contribution is 2.10. The minimum Gasteiger partial charge on any atom is -0.409 e. The van der Waals surface area contributed by atoms with Crippen LogP contribution < -0.4 is 11.1 Å². The number of benzene rings is 1. The van der Waals surface area contributed by atoms with Gasteiger partial charge in [-0.25, -0.2) is 4.39 Å². The molecule has 0 atom stereocenters. The number of oxime groups is 1. The van der Waals surface area contributed by atoms with Crippen LogP contribution in [0.15, 0.2) is 47.8 Å². The molecule has 5 nitrogen and oxygen atoms in total. The number of halogens is 1. The van der Waals surface area contributed by atoms with Crippen molar-refractivity contribution in [3.05, 3.63) is 65.2 Å². The van der Waals surface area contributed by atoms with Crippen LogP contribution >= 0.6 is 0 Å². The molecule has 0 saturated carbocycles. The van der Waals surface area contributed by atoms with Crippen molar-refractivity contribution >= 4 is 5.84 Å². The van der Waals surface area contributed by atoms with Crippen molar-refractivity contribution in [3.63, 3.8) is 0 Å². The number of hydrogen-bond donors (Lipinski definition) is 3. The molecule has 0 radical (unpaired) electrons. The molecular weight excluding hydrogens is 259 g/mol. The third-order valence-electron chi connectivity index (χ3n) is 2.80. The van der Waals surface area contributed by atoms with Gasteiger partial charge in [0.05, 0.1) is 5.69 Å². The lowest BCUT2D eigenvalue weighted by Gasteiger charge is -2.07. The van der Waals surface area contributed by atoms with Crippen molar-refractivity contribution in [2.24, 2.45) is 10.9 Å². The molecule has 0 aliphatic heterocycles. The number of pyridine rings is 1. The molecule has 0 unspecified atom stereocenters. The van der Waals surface area contributed by atoms with Gasteiger partial charge >= 0.3 is 0 Å².